The highest BCUT2D eigenvalue weighted by Crippen LogP contribution is 2.24. The van der Waals surface area contributed by atoms with Crippen LogP contribution < -0.4 is 15.4 Å². The summed E-state index contributed by atoms with van der Waals surface area (Å²) in [4.78, 5) is 4.57. The Hall–Kier alpha value is -1.46. The van der Waals surface area contributed by atoms with Crippen LogP contribution in [0.5, 0.6) is 5.75 Å². The Morgan fingerprint density at radius 1 is 1.33 bits per heavy atom. The molecule has 0 spiro atoms. The molecule has 0 radical (unpaired) electrons. The van der Waals surface area contributed by atoms with E-state index in [0.29, 0.717) is 17.5 Å². The average molecular weight is 354 g/mol. The number of nitrogens with one attached hydrogen (secondary N) is 2. The Labute approximate surface area is 149 Å². The van der Waals surface area contributed by atoms with Crippen molar-refractivity contribution in [3.63, 3.8) is 0 Å². The number of aliphatic hydroxyl groups is 1. The highest BCUT2D eigenvalue weighted by Gasteiger charge is 2.24. The third-order valence-electron chi connectivity index (χ3n) is 4.15. The van der Waals surface area contributed by atoms with Gasteiger partial charge in [-0.05, 0) is 51.0 Å². The molecule has 134 valence electrons. The van der Waals surface area contributed by atoms with E-state index < -0.39 is 0 Å². The second kappa shape index (κ2) is 9.74. The van der Waals surface area contributed by atoms with Crippen molar-refractivity contribution in [1.29, 1.82) is 0 Å². The van der Waals surface area contributed by atoms with Crippen LogP contribution in [0.1, 0.15) is 33.1 Å². The van der Waals surface area contributed by atoms with Crippen molar-refractivity contribution < 1.29 is 9.84 Å². The fraction of sp³-hybridized carbons (Fsp3) is 0.611. The third kappa shape index (κ3) is 6.21. The summed E-state index contributed by atoms with van der Waals surface area (Å²) in [6.07, 6.45) is 2.86. The highest BCUT2D eigenvalue weighted by molar-refractivity contribution is 6.30. The van der Waals surface area contributed by atoms with Crippen LogP contribution in [-0.2, 0) is 0 Å². The first-order valence-electron chi connectivity index (χ1n) is 8.71. The lowest BCUT2D eigenvalue weighted by molar-refractivity contribution is 0.134. The van der Waals surface area contributed by atoms with E-state index in [2.05, 4.69) is 15.6 Å². The average Bonchev–Trinajstić information content (AvgIpc) is 2.97. The fourth-order valence-corrected chi connectivity index (χ4v) is 2.95. The van der Waals surface area contributed by atoms with Crippen LogP contribution in [-0.4, -0.2) is 42.9 Å². The van der Waals surface area contributed by atoms with Gasteiger partial charge in [-0.1, -0.05) is 18.0 Å². The van der Waals surface area contributed by atoms with Crippen molar-refractivity contribution in [1.82, 2.24) is 10.6 Å². The minimum absolute atomic E-state index is 0.0429. The molecule has 0 saturated heterocycles. The van der Waals surface area contributed by atoms with Crippen LogP contribution >= 0.6 is 11.6 Å². The molecule has 1 saturated carbocycles. The topological polar surface area (TPSA) is 65.9 Å². The largest absolute Gasteiger partial charge is 0.489 e. The fourth-order valence-electron chi connectivity index (χ4n) is 2.83. The van der Waals surface area contributed by atoms with Gasteiger partial charge in [-0.25, -0.2) is 4.99 Å². The number of halogens is 1. The van der Waals surface area contributed by atoms with Crippen molar-refractivity contribution in [3.05, 3.63) is 29.3 Å². The lowest BCUT2D eigenvalue weighted by atomic mass is 10.1. The summed E-state index contributed by atoms with van der Waals surface area (Å²) in [5, 5.41) is 17.2. The van der Waals surface area contributed by atoms with Crippen LogP contribution in [0.15, 0.2) is 29.3 Å². The van der Waals surface area contributed by atoms with Crippen LogP contribution in [0.4, 0.5) is 0 Å². The van der Waals surface area contributed by atoms with E-state index in [-0.39, 0.29) is 12.2 Å². The Morgan fingerprint density at radius 2 is 2.08 bits per heavy atom. The molecule has 1 aromatic carbocycles. The van der Waals surface area contributed by atoms with Crippen LogP contribution in [0.3, 0.4) is 0 Å². The molecule has 24 heavy (non-hydrogen) atoms. The monoisotopic (exact) mass is 353 g/mol. The SMILES string of the molecule is CCNC(=NCC(C)Oc1ccc(Cl)cc1)NCC1CCCC1O. The first kappa shape index (κ1) is 18.9. The van der Waals surface area contributed by atoms with E-state index in [1.54, 1.807) is 0 Å². The first-order valence-corrected chi connectivity index (χ1v) is 9.08. The zero-order chi connectivity index (χ0) is 17.4. The number of aliphatic imine (C=N–C) groups is 1. The number of ether oxygens (including phenoxy) is 1. The van der Waals surface area contributed by atoms with E-state index >= 15 is 0 Å². The summed E-state index contributed by atoms with van der Waals surface area (Å²) in [6, 6.07) is 7.33. The molecule has 2 rings (SSSR count). The summed E-state index contributed by atoms with van der Waals surface area (Å²) in [5.41, 5.74) is 0. The maximum atomic E-state index is 9.90. The molecule has 1 aliphatic carbocycles. The summed E-state index contributed by atoms with van der Waals surface area (Å²) >= 11 is 5.87. The Balaban J connectivity index is 1.81. The molecule has 5 nitrogen and oxygen atoms in total. The Bertz CT molecular complexity index is 522. The Kier molecular flexibility index (Phi) is 7.66. The van der Waals surface area contributed by atoms with Gasteiger partial charge in [0.2, 0.25) is 0 Å². The quantitative estimate of drug-likeness (QED) is 0.521. The van der Waals surface area contributed by atoms with E-state index in [9.17, 15) is 5.11 Å². The molecular weight excluding hydrogens is 326 g/mol. The number of nitrogens with zero attached hydrogens (tertiary/aromatic N) is 1. The number of benzene rings is 1. The van der Waals surface area contributed by atoms with Gasteiger partial charge >= 0.3 is 0 Å². The molecule has 0 amide bonds. The second-order valence-corrected chi connectivity index (χ2v) is 6.68. The van der Waals surface area contributed by atoms with Gasteiger partial charge in [0, 0.05) is 24.0 Å². The van der Waals surface area contributed by atoms with Crippen LogP contribution in [0.25, 0.3) is 0 Å². The number of guanidine groups is 1. The lowest BCUT2D eigenvalue weighted by Crippen LogP contribution is -2.41. The number of hydrogen-bond donors (Lipinski definition) is 3. The van der Waals surface area contributed by atoms with Crippen molar-refractivity contribution in [3.8, 4) is 5.75 Å². The molecule has 3 atom stereocenters. The van der Waals surface area contributed by atoms with Gasteiger partial charge in [0.05, 0.1) is 12.6 Å². The summed E-state index contributed by atoms with van der Waals surface area (Å²) in [5.74, 6) is 1.87. The van der Waals surface area contributed by atoms with Crippen molar-refractivity contribution in [2.75, 3.05) is 19.6 Å². The standard InChI is InChI=1S/C18H28ClN3O2/c1-3-20-18(22-12-14-5-4-6-17(14)23)21-11-13(2)24-16-9-7-15(19)8-10-16/h7-10,13-14,17,23H,3-6,11-12H2,1-2H3,(H2,20,21,22). The third-order valence-corrected chi connectivity index (χ3v) is 4.40. The maximum Gasteiger partial charge on any atom is 0.191 e. The normalized spacial score (nSPS) is 22.2. The van der Waals surface area contributed by atoms with E-state index in [1.165, 1.54) is 0 Å². The van der Waals surface area contributed by atoms with Crippen molar-refractivity contribution >= 4 is 17.6 Å². The highest BCUT2D eigenvalue weighted by atomic mass is 35.5. The zero-order valence-corrected chi connectivity index (χ0v) is 15.2. The molecule has 1 fully saturated rings. The van der Waals surface area contributed by atoms with Gasteiger partial charge in [-0.2, -0.15) is 0 Å². The van der Waals surface area contributed by atoms with Crippen molar-refractivity contribution in [2.45, 2.75) is 45.3 Å². The minimum atomic E-state index is -0.187. The van der Waals surface area contributed by atoms with Gasteiger partial charge in [-0.3, -0.25) is 0 Å². The van der Waals surface area contributed by atoms with Crippen LogP contribution in [0.2, 0.25) is 5.02 Å². The molecule has 0 aromatic heterocycles. The maximum absolute atomic E-state index is 9.90. The molecule has 1 aromatic rings. The summed E-state index contributed by atoms with van der Waals surface area (Å²) in [7, 11) is 0. The van der Waals surface area contributed by atoms with Gasteiger partial charge in [0.1, 0.15) is 11.9 Å². The molecule has 0 heterocycles. The minimum Gasteiger partial charge on any atom is -0.489 e. The van der Waals surface area contributed by atoms with Gasteiger partial charge in [0.25, 0.3) is 0 Å². The molecule has 0 aliphatic heterocycles. The molecule has 3 unspecified atom stereocenters. The number of rotatable bonds is 7. The smallest absolute Gasteiger partial charge is 0.191 e. The molecular formula is C18H28ClN3O2. The predicted molar refractivity (Wildman–Crippen MR) is 98.9 cm³/mol. The molecule has 3 N–H and O–H groups in total. The number of hydrogen-bond acceptors (Lipinski definition) is 3. The Morgan fingerprint density at radius 3 is 2.71 bits per heavy atom. The summed E-state index contributed by atoms with van der Waals surface area (Å²) < 4.78 is 5.83. The van der Waals surface area contributed by atoms with E-state index in [0.717, 1.165) is 44.1 Å². The molecule has 1 aliphatic rings. The van der Waals surface area contributed by atoms with Gasteiger partial charge in [-0.15, -0.1) is 0 Å². The van der Waals surface area contributed by atoms with Crippen molar-refractivity contribution in [2.24, 2.45) is 10.9 Å². The van der Waals surface area contributed by atoms with E-state index in [4.69, 9.17) is 16.3 Å². The van der Waals surface area contributed by atoms with Gasteiger partial charge < -0.3 is 20.5 Å². The molecule has 6 heteroatoms. The second-order valence-electron chi connectivity index (χ2n) is 6.24. The number of aliphatic hydroxyl groups excluding tert-OH is 1. The first-order chi connectivity index (χ1) is 11.6. The van der Waals surface area contributed by atoms with Gasteiger partial charge in [0.15, 0.2) is 5.96 Å². The predicted octanol–water partition coefficient (Wildman–Crippen LogP) is 2.82. The zero-order valence-electron chi connectivity index (χ0n) is 14.5. The van der Waals surface area contributed by atoms with E-state index in [1.807, 2.05) is 38.1 Å². The lowest BCUT2D eigenvalue weighted by Gasteiger charge is -2.18. The molecule has 0 bridgehead atoms. The van der Waals surface area contributed by atoms with Crippen LogP contribution in [0, 0.1) is 5.92 Å². The summed E-state index contributed by atoms with van der Waals surface area (Å²) in [6.45, 7) is 6.12.